The first-order chi connectivity index (χ1) is 13.9. The minimum absolute atomic E-state index is 0. The first-order valence-electron chi connectivity index (χ1n) is 10.5. The number of rotatable bonds is 13. The van der Waals surface area contributed by atoms with Crippen molar-refractivity contribution in [2.24, 2.45) is 0 Å². The third-order valence-electron chi connectivity index (χ3n) is 4.94. The van der Waals surface area contributed by atoms with Gasteiger partial charge in [-0.15, -0.1) is 5.75 Å². The van der Waals surface area contributed by atoms with Gasteiger partial charge in [-0.1, -0.05) is 76.5 Å². The Labute approximate surface area is 223 Å². The summed E-state index contributed by atoms with van der Waals surface area (Å²) in [6.45, 7) is 2.22. The van der Waals surface area contributed by atoms with Crippen molar-refractivity contribution in [2.75, 3.05) is 0 Å². The second-order valence-corrected chi connectivity index (χ2v) is 8.82. The molecule has 30 heavy (non-hydrogen) atoms. The van der Waals surface area contributed by atoms with Crippen LogP contribution >= 0.6 is 0 Å². The van der Waals surface area contributed by atoms with Gasteiger partial charge in [0.15, 0.2) is 0 Å². The molecule has 0 aliphatic rings. The van der Waals surface area contributed by atoms with Crippen LogP contribution in [0.15, 0.2) is 47.4 Å². The second-order valence-electron chi connectivity index (χ2n) is 7.40. The number of ether oxygens (including phenoxy) is 1. The Balaban J connectivity index is 0.00000450. The van der Waals surface area contributed by atoms with Crippen LogP contribution in [-0.4, -0.2) is 13.0 Å². The molecule has 160 valence electrons. The molecule has 0 aliphatic carbocycles. The zero-order valence-corrected chi connectivity index (χ0v) is 22.0. The molecule has 7 heteroatoms. The monoisotopic (exact) mass is 458 g/mol. The molecule has 0 radical (unpaired) electrons. The molecule has 0 aromatic heterocycles. The third kappa shape index (κ3) is 10.3. The number of hydrogen-bond donors (Lipinski definition) is 1. The second kappa shape index (κ2) is 14.6. The quantitative estimate of drug-likeness (QED) is 0.283. The Morgan fingerprint density at radius 1 is 0.867 bits per heavy atom. The predicted octanol–water partition coefficient (Wildman–Crippen LogP) is 2.88. The fourth-order valence-corrected chi connectivity index (χ4v) is 3.75. The van der Waals surface area contributed by atoms with Crippen LogP contribution in [0.1, 0.15) is 70.3 Å². The molecular weight excluding hydrogens is 427 g/mol. The molecule has 0 amide bonds. The third-order valence-corrected chi connectivity index (χ3v) is 5.79. The normalized spacial score (nSPS) is 11.1. The molecule has 0 spiro atoms. The molecule has 2 aromatic rings. The SMILES string of the molecule is CCCCCCCCCCCc1ccc(S(=O)(=O)O)cc1Oc1ccc([O-])cc1.[K+]. The van der Waals surface area contributed by atoms with Gasteiger partial charge in [-0.25, -0.2) is 0 Å². The average molecular weight is 459 g/mol. The van der Waals surface area contributed by atoms with Gasteiger partial charge < -0.3 is 9.84 Å². The molecule has 0 saturated heterocycles. The van der Waals surface area contributed by atoms with E-state index in [-0.39, 0.29) is 62.0 Å². The Bertz CT molecular complexity index is 850. The number of benzene rings is 2. The summed E-state index contributed by atoms with van der Waals surface area (Å²) in [5.41, 5.74) is 0.881. The van der Waals surface area contributed by atoms with E-state index in [0.717, 1.165) is 24.8 Å². The van der Waals surface area contributed by atoms with Gasteiger partial charge in [0.25, 0.3) is 10.1 Å². The summed E-state index contributed by atoms with van der Waals surface area (Å²) in [5.74, 6) is 0.711. The Morgan fingerprint density at radius 3 is 2.00 bits per heavy atom. The Hall–Kier alpha value is -0.414. The average Bonchev–Trinajstić information content (AvgIpc) is 2.68. The van der Waals surface area contributed by atoms with Crippen molar-refractivity contribution in [2.45, 2.75) is 76.0 Å². The molecule has 0 heterocycles. The Kier molecular flexibility index (Phi) is 13.5. The van der Waals surface area contributed by atoms with E-state index in [1.807, 2.05) is 0 Å². The zero-order chi connectivity index (χ0) is 21.1. The van der Waals surface area contributed by atoms with Crippen LogP contribution in [0, 0.1) is 0 Å². The fourth-order valence-electron chi connectivity index (χ4n) is 3.26. The molecule has 0 aliphatic heterocycles. The van der Waals surface area contributed by atoms with E-state index >= 15 is 0 Å². The molecule has 0 bridgehead atoms. The predicted molar refractivity (Wildman–Crippen MR) is 113 cm³/mol. The van der Waals surface area contributed by atoms with Crippen molar-refractivity contribution in [3.05, 3.63) is 48.0 Å². The van der Waals surface area contributed by atoms with Crippen molar-refractivity contribution in [1.82, 2.24) is 0 Å². The summed E-state index contributed by atoms with van der Waals surface area (Å²) >= 11 is 0. The molecule has 0 fully saturated rings. The zero-order valence-electron chi connectivity index (χ0n) is 18.1. The summed E-state index contributed by atoms with van der Waals surface area (Å²) in [6.07, 6.45) is 11.8. The molecule has 1 N–H and O–H groups in total. The molecule has 0 saturated carbocycles. The van der Waals surface area contributed by atoms with Gasteiger partial charge in [-0.2, -0.15) is 8.42 Å². The van der Waals surface area contributed by atoms with Gasteiger partial charge in [0.2, 0.25) is 0 Å². The van der Waals surface area contributed by atoms with Crippen LogP contribution in [0.2, 0.25) is 0 Å². The standard InChI is InChI=1S/C23H32O5S.K/c1-2-3-4-5-6-7-8-9-10-11-19-12-17-22(29(25,26)27)18-23(19)28-21-15-13-20(24)14-16-21;/h12-18,24H,2-11H2,1H3,(H,25,26,27);/q;+1/p-1. The minimum Gasteiger partial charge on any atom is -0.872 e. The molecule has 5 nitrogen and oxygen atoms in total. The maximum atomic E-state index is 11.5. The minimum atomic E-state index is -4.31. The number of unbranched alkanes of at least 4 members (excludes halogenated alkanes) is 8. The van der Waals surface area contributed by atoms with E-state index in [4.69, 9.17) is 4.74 Å². The van der Waals surface area contributed by atoms with E-state index in [0.29, 0.717) is 11.5 Å². The van der Waals surface area contributed by atoms with E-state index < -0.39 is 10.1 Å². The van der Waals surface area contributed by atoms with Crippen molar-refractivity contribution < 1.29 is 74.2 Å². The van der Waals surface area contributed by atoms with Crippen molar-refractivity contribution >= 4 is 10.1 Å². The van der Waals surface area contributed by atoms with Crippen molar-refractivity contribution in [1.29, 1.82) is 0 Å². The van der Waals surface area contributed by atoms with Crippen LogP contribution in [-0.2, 0) is 16.5 Å². The van der Waals surface area contributed by atoms with Crippen LogP contribution in [0.5, 0.6) is 17.2 Å². The molecule has 2 rings (SSSR count). The van der Waals surface area contributed by atoms with E-state index in [1.165, 1.54) is 69.2 Å². The van der Waals surface area contributed by atoms with Crippen LogP contribution in [0.25, 0.3) is 0 Å². The van der Waals surface area contributed by atoms with Gasteiger partial charge in [0, 0.05) is 6.07 Å². The van der Waals surface area contributed by atoms with Crippen LogP contribution < -0.4 is 61.2 Å². The van der Waals surface area contributed by atoms with Gasteiger partial charge >= 0.3 is 51.4 Å². The first-order valence-corrected chi connectivity index (χ1v) is 11.9. The maximum Gasteiger partial charge on any atom is 1.00 e. The van der Waals surface area contributed by atoms with Gasteiger partial charge in [-0.3, -0.25) is 4.55 Å². The molecule has 2 aromatic carbocycles. The topological polar surface area (TPSA) is 86.7 Å². The Morgan fingerprint density at radius 2 is 1.43 bits per heavy atom. The largest absolute Gasteiger partial charge is 1.00 e. The summed E-state index contributed by atoms with van der Waals surface area (Å²) in [7, 11) is -4.31. The van der Waals surface area contributed by atoms with E-state index in [2.05, 4.69) is 6.92 Å². The maximum absolute atomic E-state index is 11.5. The fraction of sp³-hybridized carbons (Fsp3) is 0.478. The summed E-state index contributed by atoms with van der Waals surface area (Å²) in [5, 5.41) is 11.3. The summed E-state index contributed by atoms with van der Waals surface area (Å²) in [4.78, 5) is -0.205. The molecular formula is C23H31KO5S. The van der Waals surface area contributed by atoms with Crippen molar-refractivity contribution in [3.8, 4) is 17.2 Å². The first kappa shape index (κ1) is 27.6. The summed E-state index contributed by atoms with van der Waals surface area (Å²) in [6, 6.07) is 10.3. The molecule has 0 atom stereocenters. The van der Waals surface area contributed by atoms with Crippen LogP contribution in [0.4, 0.5) is 0 Å². The van der Waals surface area contributed by atoms with Crippen LogP contribution in [0.3, 0.4) is 0 Å². The van der Waals surface area contributed by atoms with E-state index in [1.54, 1.807) is 18.2 Å². The van der Waals surface area contributed by atoms with Gasteiger partial charge in [0.05, 0.1) is 4.90 Å². The van der Waals surface area contributed by atoms with Gasteiger partial charge in [0.1, 0.15) is 11.5 Å². The smallest absolute Gasteiger partial charge is 0.872 e. The van der Waals surface area contributed by atoms with Gasteiger partial charge in [-0.05, 0) is 36.6 Å². The molecule has 0 unspecified atom stereocenters. The van der Waals surface area contributed by atoms with Crippen molar-refractivity contribution in [3.63, 3.8) is 0 Å². The summed E-state index contributed by atoms with van der Waals surface area (Å²) < 4.78 is 38.1. The number of aryl methyl sites for hydroxylation is 1. The number of hydrogen-bond acceptors (Lipinski definition) is 4. The van der Waals surface area contributed by atoms with E-state index in [9.17, 15) is 18.1 Å².